The van der Waals surface area contributed by atoms with E-state index in [1.54, 1.807) is 31.3 Å². The summed E-state index contributed by atoms with van der Waals surface area (Å²) < 4.78 is 26.1. The number of hydrogen-bond donors (Lipinski definition) is 1. The van der Waals surface area contributed by atoms with Crippen molar-refractivity contribution >= 4 is 27.2 Å². The summed E-state index contributed by atoms with van der Waals surface area (Å²) in [5.74, 6) is 1.13. The van der Waals surface area contributed by atoms with Crippen LogP contribution in [0.4, 0.5) is 0 Å². The molecule has 1 aliphatic rings. The van der Waals surface area contributed by atoms with E-state index in [2.05, 4.69) is 6.92 Å². The van der Waals surface area contributed by atoms with E-state index in [0.29, 0.717) is 23.9 Å². The Hall–Kier alpha value is -0.980. The zero-order chi connectivity index (χ0) is 14.2. The fraction of sp³-hybridized carbons (Fsp3) is 0.462. The first-order chi connectivity index (χ1) is 8.82. The van der Waals surface area contributed by atoms with Crippen molar-refractivity contribution in [2.75, 3.05) is 13.6 Å². The Morgan fingerprint density at radius 3 is 2.37 bits per heavy atom. The first-order valence-electron chi connectivity index (χ1n) is 6.18. The Balaban J connectivity index is 2.16. The van der Waals surface area contributed by atoms with Gasteiger partial charge in [-0.1, -0.05) is 31.3 Å². The summed E-state index contributed by atoms with van der Waals surface area (Å²) in [4.78, 5) is 0.549. The lowest BCUT2D eigenvalue weighted by atomic mass is 10.2. The van der Waals surface area contributed by atoms with E-state index in [9.17, 15) is 8.42 Å². The van der Waals surface area contributed by atoms with Crippen molar-refractivity contribution in [1.82, 2.24) is 4.31 Å². The third kappa shape index (κ3) is 3.13. The monoisotopic (exact) mass is 298 g/mol. The molecule has 2 rings (SSSR count). The topological polar surface area (TPSA) is 63.4 Å². The molecule has 1 aromatic rings. The van der Waals surface area contributed by atoms with E-state index in [0.717, 1.165) is 6.42 Å². The minimum atomic E-state index is -3.41. The minimum absolute atomic E-state index is 0.268. The molecule has 1 saturated carbocycles. The van der Waals surface area contributed by atoms with Gasteiger partial charge in [0.25, 0.3) is 0 Å². The average Bonchev–Trinajstić information content (AvgIpc) is 3.04. The normalized spacial score (nSPS) is 22.5. The number of nitrogens with zero attached hydrogens (tertiary/aromatic N) is 1. The van der Waals surface area contributed by atoms with E-state index in [-0.39, 0.29) is 9.88 Å². The number of sulfonamides is 1. The summed E-state index contributed by atoms with van der Waals surface area (Å²) in [6.45, 7) is 2.72. The van der Waals surface area contributed by atoms with Crippen molar-refractivity contribution < 1.29 is 8.42 Å². The molecule has 0 saturated heterocycles. The maximum atomic E-state index is 12.3. The molecular weight excluding hydrogens is 280 g/mol. The van der Waals surface area contributed by atoms with E-state index in [1.165, 1.54) is 4.31 Å². The largest absolute Gasteiger partial charge is 0.389 e. The van der Waals surface area contributed by atoms with Gasteiger partial charge >= 0.3 is 0 Å². The highest BCUT2D eigenvalue weighted by atomic mass is 32.2. The van der Waals surface area contributed by atoms with Crippen LogP contribution in [0.3, 0.4) is 0 Å². The molecule has 1 aliphatic carbocycles. The van der Waals surface area contributed by atoms with E-state index >= 15 is 0 Å². The number of hydrogen-bond acceptors (Lipinski definition) is 3. The van der Waals surface area contributed by atoms with Crippen LogP contribution in [-0.4, -0.2) is 31.3 Å². The predicted octanol–water partition coefficient (Wildman–Crippen LogP) is 1.60. The van der Waals surface area contributed by atoms with Gasteiger partial charge in [-0.15, -0.1) is 0 Å². The van der Waals surface area contributed by atoms with E-state index in [1.807, 2.05) is 0 Å². The lowest BCUT2D eigenvalue weighted by molar-refractivity contribution is 0.444. The Labute approximate surface area is 119 Å². The molecular formula is C13H18N2O2S2. The second kappa shape index (κ2) is 5.19. The van der Waals surface area contributed by atoms with Gasteiger partial charge in [-0.2, -0.15) is 0 Å². The molecule has 1 aromatic carbocycles. The third-order valence-electron chi connectivity index (χ3n) is 3.61. The standard InChI is InChI=1S/C13H18N2O2S2/c1-9-7-11(9)8-15(2)19(16,17)12-5-3-10(4-6-12)13(14)18/h3-6,9,11H,7-8H2,1-2H3,(H2,14,18). The maximum Gasteiger partial charge on any atom is 0.242 e. The molecule has 0 heterocycles. The summed E-state index contributed by atoms with van der Waals surface area (Å²) in [6.07, 6.45) is 1.11. The molecule has 104 valence electrons. The van der Waals surface area contributed by atoms with Crippen molar-refractivity contribution in [1.29, 1.82) is 0 Å². The summed E-state index contributed by atoms with van der Waals surface area (Å²) in [5, 5.41) is 0. The van der Waals surface area contributed by atoms with Crippen LogP contribution >= 0.6 is 12.2 Å². The zero-order valence-corrected chi connectivity index (χ0v) is 12.7. The van der Waals surface area contributed by atoms with Crippen molar-refractivity contribution in [3.63, 3.8) is 0 Å². The fourth-order valence-electron chi connectivity index (χ4n) is 2.05. The molecule has 4 nitrogen and oxygen atoms in total. The van der Waals surface area contributed by atoms with Crippen LogP contribution < -0.4 is 5.73 Å². The number of benzene rings is 1. The van der Waals surface area contributed by atoms with Crippen LogP contribution in [0.5, 0.6) is 0 Å². The smallest absolute Gasteiger partial charge is 0.242 e. The van der Waals surface area contributed by atoms with Crippen molar-refractivity contribution in [3.05, 3.63) is 29.8 Å². The van der Waals surface area contributed by atoms with Crippen LogP contribution in [0, 0.1) is 11.8 Å². The van der Waals surface area contributed by atoms with Gasteiger partial charge < -0.3 is 5.73 Å². The molecule has 2 atom stereocenters. The van der Waals surface area contributed by atoms with Crippen molar-refractivity contribution in [3.8, 4) is 0 Å². The van der Waals surface area contributed by atoms with Gasteiger partial charge in [0.1, 0.15) is 4.99 Å². The summed E-state index contributed by atoms with van der Waals surface area (Å²) in [7, 11) is -1.78. The lowest BCUT2D eigenvalue weighted by Gasteiger charge is -2.17. The molecule has 19 heavy (non-hydrogen) atoms. The van der Waals surface area contributed by atoms with Crippen LogP contribution in [-0.2, 0) is 10.0 Å². The van der Waals surface area contributed by atoms with Crippen LogP contribution in [0.25, 0.3) is 0 Å². The molecule has 2 N–H and O–H groups in total. The Kier molecular flexibility index (Phi) is 3.94. The second-order valence-corrected chi connectivity index (χ2v) is 7.63. The highest BCUT2D eigenvalue weighted by Crippen LogP contribution is 2.38. The SMILES string of the molecule is CC1CC1CN(C)S(=O)(=O)c1ccc(C(N)=S)cc1. The molecule has 0 radical (unpaired) electrons. The molecule has 0 spiro atoms. The van der Waals surface area contributed by atoms with Crippen molar-refractivity contribution in [2.24, 2.45) is 17.6 Å². The highest BCUT2D eigenvalue weighted by Gasteiger charge is 2.36. The van der Waals surface area contributed by atoms with Gasteiger partial charge in [-0.25, -0.2) is 12.7 Å². The highest BCUT2D eigenvalue weighted by molar-refractivity contribution is 7.89. The number of thiocarbonyl (C=S) groups is 1. The second-order valence-electron chi connectivity index (χ2n) is 5.15. The van der Waals surface area contributed by atoms with Gasteiger partial charge in [0.05, 0.1) is 4.90 Å². The Bertz CT molecular complexity index is 581. The molecule has 0 aromatic heterocycles. The van der Waals surface area contributed by atoms with Gasteiger partial charge in [-0.3, -0.25) is 0 Å². The van der Waals surface area contributed by atoms with Gasteiger partial charge in [0.15, 0.2) is 0 Å². The quantitative estimate of drug-likeness (QED) is 0.839. The first kappa shape index (κ1) is 14.4. The van der Waals surface area contributed by atoms with Crippen LogP contribution in [0.1, 0.15) is 18.9 Å². The average molecular weight is 298 g/mol. The molecule has 0 bridgehead atoms. The van der Waals surface area contributed by atoms with Crippen LogP contribution in [0.15, 0.2) is 29.2 Å². The lowest BCUT2D eigenvalue weighted by Crippen LogP contribution is -2.29. The number of nitrogens with two attached hydrogens (primary N) is 1. The first-order valence-corrected chi connectivity index (χ1v) is 8.03. The minimum Gasteiger partial charge on any atom is -0.389 e. The van der Waals surface area contributed by atoms with Crippen molar-refractivity contribution in [2.45, 2.75) is 18.2 Å². The number of rotatable bonds is 5. The predicted molar refractivity (Wildman–Crippen MR) is 79.4 cm³/mol. The van der Waals surface area contributed by atoms with E-state index in [4.69, 9.17) is 18.0 Å². The summed E-state index contributed by atoms with van der Waals surface area (Å²) in [6, 6.07) is 6.39. The Morgan fingerprint density at radius 2 is 1.95 bits per heavy atom. The third-order valence-corrected chi connectivity index (χ3v) is 5.69. The maximum absolute atomic E-state index is 12.3. The Morgan fingerprint density at radius 1 is 1.42 bits per heavy atom. The van der Waals surface area contributed by atoms with Crippen LogP contribution in [0.2, 0.25) is 0 Å². The van der Waals surface area contributed by atoms with Gasteiger partial charge in [-0.05, 0) is 30.4 Å². The van der Waals surface area contributed by atoms with Gasteiger partial charge in [0, 0.05) is 19.2 Å². The van der Waals surface area contributed by atoms with Gasteiger partial charge in [0.2, 0.25) is 10.0 Å². The molecule has 6 heteroatoms. The zero-order valence-electron chi connectivity index (χ0n) is 11.0. The molecule has 2 unspecified atom stereocenters. The summed E-state index contributed by atoms with van der Waals surface area (Å²) in [5.41, 5.74) is 6.17. The summed E-state index contributed by atoms with van der Waals surface area (Å²) >= 11 is 4.85. The fourth-order valence-corrected chi connectivity index (χ4v) is 3.42. The molecule has 0 aliphatic heterocycles. The van der Waals surface area contributed by atoms with E-state index < -0.39 is 10.0 Å². The molecule has 1 fully saturated rings. The molecule has 0 amide bonds.